The fourth-order valence-corrected chi connectivity index (χ4v) is 2.63. The van der Waals surface area contributed by atoms with Gasteiger partial charge in [0.05, 0.1) is 6.54 Å². The Morgan fingerprint density at radius 3 is 2.46 bits per heavy atom. The maximum atomic E-state index is 6.02. The van der Waals surface area contributed by atoms with Crippen LogP contribution in [-0.4, -0.2) is 63.4 Å². The van der Waals surface area contributed by atoms with E-state index in [1.165, 1.54) is 0 Å². The number of para-hydroxylation sites is 1. The van der Waals surface area contributed by atoms with E-state index in [-0.39, 0.29) is 24.0 Å². The third-order valence-corrected chi connectivity index (χ3v) is 4.25. The molecule has 0 radical (unpaired) electrons. The highest BCUT2D eigenvalue weighted by Gasteiger charge is 2.05. The minimum absolute atomic E-state index is 0. The summed E-state index contributed by atoms with van der Waals surface area (Å²) in [6, 6.07) is 8.14. The van der Waals surface area contributed by atoms with Crippen molar-refractivity contribution in [3.05, 3.63) is 29.8 Å². The summed E-state index contributed by atoms with van der Waals surface area (Å²) >= 11 is 0. The number of likely N-dealkylation sites (N-methyl/N-ethyl adjacent to an activating group) is 1. The summed E-state index contributed by atoms with van der Waals surface area (Å²) in [5.41, 5.74) is 1.10. The fraction of sp³-hybridized carbons (Fsp3) is 0.667. The number of aliphatic imine (C=N–C) groups is 1. The van der Waals surface area contributed by atoms with Gasteiger partial charge in [-0.1, -0.05) is 32.0 Å². The Bertz CT molecular complexity index is 525. The molecule has 1 aromatic carbocycles. The summed E-state index contributed by atoms with van der Waals surface area (Å²) in [7, 11) is 0. The quantitative estimate of drug-likeness (QED) is 0.175. The van der Waals surface area contributed by atoms with Gasteiger partial charge < -0.3 is 25.0 Å². The van der Waals surface area contributed by atoms with Crippen molar-refractivity contribution >= 4 is 29.9 Å². The number of halogens is 1. The lowest BCUT2D eigenvalue weighted by Crippen LogP contribution is -2.38. The number of ether oxygens (including phenoxy) is 2. The molecule has 0 fully saturated rings. The summed E-state index contributed by atoms with van der Waals surface area (Å²) < 4.78 is 11.4. The smallest absolute Gasteiger partial charge is 0.191 e. The van der Waals surface area contributed by atoms with Crippen LogP contribution in [0.3, 0.4) is 0 Å². The first-order valence-electron chi connectivity index (χ1n) is 10.3. The van der Waals surface area contributed by atoms with E-state index in [2.05, 4.69) is 42.4 Å². The van der Waals surface area contributed by atoms with Crippen LogP contribution in [0.2, 0.25) is 0 Å². The van der Waals surface area contributed by atoms with Gasteiger partial charge in [-0.2, -0.15) is 0 Å². The van der Waals surface area contributed by atoms with Gasteiger partial charge in [0.25, 0.3) is 0 Å². The van der Waals surface area contributed by atoms with Crippen molar-refractivity contribution in [2.45, 2.75) is 40.7 Å². The van der Waals surface area contributed by atoms with Gasteiger partial charge in [0.1, 0.15) is 12.4 Å². The van der Waals surface area contributed by atoms with Crippen molar-refractivity contribution in [3.8, 4) is 5.75 Å². The zero-order valence-corrected chi connectivity index (χ0v) is 20.3. The number of nitrogens with zero attached hydrogens (tertiary/aromatic N) is 2. The lowest BCUT2D eigenvalue weighted by atomic mass is 10.2. The Morgan fingerprint density at radius 2 is 1.79 bits per heavy atom. The van der Waals surface area contributed by atoms with Crippen LogP contribution in [0.15, 0.2) is 29.3 Å². The van der Waals surface area contributed by atoms with Crippen molar-refractivity contribution in [2.75, 3.05) is 52.5 Å². The average molecular weight is 506 g/mol. The predicted molar refractivity (Wildman–Crippen MR) is 129 cm³/mol. The van der Waals surface area contributed by atoms with Crippen molar-refractivity contribution in [3.63, 3.8) is 0 Å². The molecular formula is C21H39IN4O2. The Morgan fingerprint density at radius 1 is 1.04 bits per heavy atom. The Hall–Kier alpha value is -1.06. The third-order valence-electron chi connectivity index (χ3n) is 4.25. The average Bonchev–Trinajstić information content (AvgIpc) is 2.70. The first-order valence-corrected chi connectivity index (χ1v) is 10.3. The van der Waals surface area contributed by atoms with Gasteiger partial charge in [-0.15, -0.1) is 24.0 Å². The van der Waals surface area contributed by atoms with Gasteiger partial charge in [-0.25, -0.2) is 4.99 Å². The second-order valence-corrected chi connectivity index (χ2v) is 6.16. The minimum Gasteiger partial charge on any atom is -0.492 e. The molecule has 162 valence electrons. The lowest BCUT2D eigenvalue weighted by molar-refractivity contribution is 0.145. The molecule has 0 spiro atoms. The molecule has 0 aliphatic rings. The summed E-state index contributed by atoms with van der Waals surface area (Å²) in [6.45, 7) is 16.0. The molecule has 0 aliphatic carbocycles. The van der Waals surface area contributed by atoms with E-state index in [0.717, 1.165) is 69.6 Å². The lowest BCUT2D eigenvalue weighted by Gasteiger charge is -2.19. The van der Waals surface area contributed by atoms with E-state index in [0.29, 0.717) is 13.2 Å². The van der Waals surface area contributed by atoms with Gasteiger partial charge in [0.15, 0.2) is 5.96 Å². The molecule has 0 aliphatic heterocycles. The van der Waals surface area contributed by atoms with Crippen LogP contribution in [0.5, 0.6) is 5.75 Å². The van der Waals surface area contributed by atoms with Gasteiger partial charge in [-0.3, -0.25) is 0 Å². The van der Waals surface area contributed by atoms with E-state index in [4.69, 9.17) is 14.5 Å². The van der Waals surface area contributed by atoms with Gasteiger partial charge in [0.2, 0.25) is 0 Å². The third kappa shape index (κ3) is 11.7. The van der Waals surface area contributed by atoms with Crippen LogP contribution >= 0.6 is 24.0 Å². The zero-order chi connectivity index (χ0) is 19.7. The topological polar surface area (TPSA) is 58.1 Å². The monoisotopic (exact) mass is 506 g/mol. The molecule has 1 rings (SSSR count). The summed E-state index contributed by atoms with van der Waals surface area (Å²) in [4.78, 5) is 7.06. The molecule has 2 N–H and O–H groups in total. The molecule has 0 heterocycles. The van der Waals surface area contributed by atoms with Crippen molar-refractivity contribution in [1.29, 1.82) is 0 Å². The largest absolute Gasteiger partial charge is 0.492 e. The molecule has 0 bridgehead atoms. The molecule has 1 aromatic rings. The maximum absolute atomic E-state index is 6.02. The highest BCUT2D eigenvalue weighted by molar-refractivity contribution is 14.0. The van der Waals surface area contributed by atoms with Crippen LogP contribution in [0.1, 0.15) is 39.7 Å². The number of hydrogen-bond acceptors (Lipinski definition) is 4. The number of hydrogen-bond donors (Lipinski definition) is 2. The van der Waals surface area contributed by atoms with Crippen LogP contribution in [0.4, 0.5) is 0 Å². The number of nitrogens with one attached hydrogen (secondary N) is 2. The highest BCUT2D eigenvalue weighted by Crippen LogP contribution is 2.18. The number of rotatable bonds is 14. The van der Waals surface area contributed by atoms with E-state index < -0.39 is 0 Å². The van der Waals surface area contributed by atoms with Crippen molar-refractivity contribution in [1.82, 2.24) is 15.5 Å². The number of benzene rings is 1. The van der Waals surface area contributed by atoms with Crippen LogP contribution in [0.25, 0.3) is 0 Å². The van der Waals surface area contributed by atoms with Crippen molar-refractivity contribution < 1.29 is 9.47 Å². The Labute approximate surface area is 188 Å². The van der Waals surface area contributed by atoms with Gasteiger partial charge in [-0.05, 0) is 39.4 Å². The van der Waals surface area contributed by atoms with Crippen LogP contribution < -0.4 is 15.4 Å². The molecular weight excluding hydrogens is 467 g/mol. The second kappa shape index (κ2) is 18.0. The first-order chi connectivity index (χ1) is 13.2. The maximum Gasteiger partial charge on any atom is 0.191 e. The molecule has 0 aromatic heterocycles. The standard InChI is InChI=1S/C21H38N4O2.HI/c1-5-22-21(23-14-11-16-26-8-4)24-18-19-12-9-10-13-20(19)27-17-15-25(6-2)7-3;/h9-10,12-13H,5-8,11,14-18H2,1-4H3,(H2,22,23,24);1H. The van der Waals surface area contributed by atoms with E-state index in [9.17, 15) is 0 Å². The first kappa shape index (κ1) is 26.9. The van der Waals surface area contributed by atoms with E-state index >= 15 is 0 Å². The summed E-state index contributed by atoms with van der Waals surface area (Å²) in [6.07, 6.45) is 0.962. The Balaban J connectivity index is 0.00000729. The molecule has 28 heavy (non-hydrogen) atoms. The SMILES string of the molecule is CCNC(=NCc1ccccc1OCCN(CC)CC)NCCCOCC.I. The van der Waals surface area contributed by atoms with Gasteiger partial charge >= 0.3 is 0 Å². The zero-order valence-electron chi connectivity index (χ0n) is 18.0. The Kier molecular flexibility index (Phi) is 17.3. The minimum atomic E-state index is 0. The molecule has 6 nitrogen and oxygen atoms in total. The molecule has 0 saturated carbocycles. The highest BCUT2D eigenvalue weighted by atomic mass is 127. The van der Waals surface area contributed by atoms with Gasteiger partial charge in [0, 0.05) is 38.4 Å². The van der Waals surface area contributed by atoms with Crippen LogP contribution in [-0.2, 0) is 11.3 Å². The number of guanidine groups is 1. The molecule has 7 heteroatoms. The molecule has 0 amide bonds. The van der Waals surface area contributed by atoms with E-state index in [1.807, 2.05) is 25.1 Å². The summed E-state index contributed by atoms with van der Waals surface area (Å²) in [5, 5.41) is 6.64. The molecule has 0 unspecified atom stereocenters. The normalized spacial score (nSPS) is 11.2. The van der Waals surface area contributed by atoms with E-state index in [1.54, 1.807) is 0 Å². The fourth-order valence-electron chi connectivity index (χ4n) is 2.63. The molecule has 0 saturated heterocycles. The van der Waals surface area contributed by atoms with Crippen LogP contribution in [0, 0.1) is 0 Å². The predicted octanol–water partition coefficient (Wildman–Crippen LogP) is 3.51. The summed E-state index contributed by atoms with van der Waals surface area (Å²) in [5.74, 6) is 1.74. The van der Waals surface area contributed by atoms with Crippen molar-refractivity contribution in [2.24, 2.45) is 4.99 Å². The molecule has 0 atom stereocenters. The second-order valence-electron chi connectivity index (χ2n) is 6.16.